The fraction of sp³-hybridized carbons (Fsp3) is 0.467. The van der Waals surface area contributed by atoms with E-state index in [9.17, 15) is 4.79 Å². The number of aliphatic imine (C=N–C) groups is 1. The fourth-order valence-electron chi connectivity index (χ4n) is 1.84. The molecule has 1 aliphatic heterocycles. The highest BCUT2D eigenvalue weighted by atomic mass is 79.9. The Kier molecular flexibility index (Phi) is 4.02. The number of alkyl halides is 1. The van der Waals surface area contributed by atoms with Crippen molar-refractivity contribution in [1.82, 2.24) is 0 Å². The van der Waals surface area contributed by atoms with Crippen molar-refractivity contribution in [1.29, 1.82) is 0 Å². The van der Waals surface area contributed by atoms with Gasteiger partial charge in [-0.3, -0.25) is 9.79 Å². The first kappa shape index (κ1) is 15.8. The number of carbonyl (C=O) groups is 1. The Morgan fingerprint density at radius 3 is 2.29 bits per heavy atom. The quantitative estimate of drug-likeness (QED) is 0.614. The number of esters is 1. The summed E-state index contributed by atoms with van der Waals surface area (Å²) in [4.78, 5) is 16.4. The van der Waals surface area contributed by atoms with Crippen molar-refractivity contribution in [2.75, 3.05) is 14.2 Å². The number of rotatable bonds is 3. The summed E-state index contributed by atoms with van der Waals surface area (Å²) in [6, 6.07) is 3.50. The second-order valence-corrected chi connectivity index (χ2v) is 6.95. The van der Waals surface area contributed by atoms with Gasteiger partial charge in [0.2, 0.25) is 4.51 Å². The van der Waals surface area contributed by atoms with Crippen molar-refractivity contribution in [2.24, 2.45) is 10.4 Å². The number of ether oxygens (including phenoxy) is 3. The Hall–Kier alpha value is -1.56. The maximum Gasteiger partial charge on any atom is 0.313 e. The summed E-state index contributed by atoms with van der Waals surface area (Å²) in [5.74, 6) is 0.804. The number of carbonyl (C=O) groups excluding carboxylic acids is 1. The van der Waals surface area contributed by atoms with Gasteiger partial charge < -0.3 is 14.2 Å². The standard InChI is InChI=1S/C15H18BrNO4/c1-14(2,3)13(18)21-15(16)8-17-10-7-12(20-5)11(19-4)6-9(10)15/h6-8H,1-5H3. The summed E-state index contributed by atoms with van der Waals surface area (Å²) in [7, 11) is 3.11. The van der Waals surface area contributed by atoms with Crippen molar-refractivity contribution >= 4 is 33.8 Å². The summed E-state index contributed by atoms with van der Waals surface area (Å²) < 4.78 is 15.0. The Balaban J connectivity index is 2.41. The van der Waals surface area contributed by atoms with Gasteiger partial charge in [-0.15, -0.1) is 0 Å². The minimum Gasteiger partial charge on any atom is -0.493 e. The second-order valence-electron chi connectivity index (χ2n) is 5.77. The molecule has 0 spiro atoms. The summed E-state index contributed by atoms with van der Waals surface area (Å²) in [5.41, 5.74) is 0.775. The minimum atomic E-state index is -1.08. The topological polar surface area (TPSA) is 57.1 Å². The fourth-order valence-corrected chi connectivity index (χ4v) is 2.41. The molecule has 1 heterocycles. The van der Waals surface area contributed by atoms with Crippen molar-refractivity contribution in [3.05, 3.63) is 17.7 Å². The number of fused-ring (bicyclic) bond motifs is 1. The number of hydrogen-bond donors (Lipinski definition) is 0. The average Bonchev–Trinajstić information content (AvgIpc) is 2.73. The van der Waals surface area contributed by atoms with E-state index in [1.165, 1.54) is 0 Å². The lowest BCUT2D eigenvalue weighted by atomic mass is 9.97. The van der Waals surface area contributed by atoms with Crippen LogP contribution in [-0.4, -0.2) is 26.4 Å². The summed E-state index contributed by atoms with van der Waals surface area (Å²) in [6.45, 7) is 5.40. The van der Waals surface area contributed by atoms with Gasteiger partial charge in [0.1, 0.15) is 0 Å². The molecule has 114 valence electrons. The first-order valence-corrected chi connectivity index (χ1v) is 7.24. The van der Waals surface area contributed by atoms with E-state index in [0.717, 1.165) is 0 Å². The zero-order valence-corrected chi connectivity index (χ0v) is 14.3. The van der Waals surface area contributed by atoms with E-state index in [0.29, 0.717) is 22.7 Å². The van der Waals surface area contributed by atoms with Crippen LogP contribution in [-0.2, 0) is 14.0 Å². The van der Waals surface area contributed by atoms with Gasteiger partial charge in [0.25, 0.3) is 0 Å². The first-order chi connectivity index (χ1) is 9.71. The van der Waals surface area contributed by atoms with Gasteiger partial charge in [0.15, 0.2) is 11.5 Å². The molecule has 1 aromatic rings. The van der Waals surface area contributed by atoms with Crippen molar-refractivity contribution in [3.63, 3.8) is 0 Å². The molecule has 0 aliphatic carbocycles. The summed E-state index contributed by atoms with van der Waals surface area (Å²) in [6.07, 6.45) is 1.56. The highest BCUT2D eigenvalue weighted by Crippen LogP contribution is 2.47. The van der Waals surface area contributed by atoms with Gasteiger partial charge in [0.05, 0.1) is 31.5 Å². The molecule has 1 unspecified atom stereocenters. The van der Waals surface area contributed by atoms with Crippen LogP contribution in [0.15, 0.2) is 17.1 Å². The smallest absolute Gasteiger partial charge is 0.313 e. The Labute approximate surface area is 132 Å². The van der Waals surface area contributed by atoms with Crippen LogP contribution in [0, 0.1) is 5.41 Å². The van der Waals surface area contributed by atoms with Gasteiger partial charge >= 0.3 is 5.97 Å². The summed E-state index contributed by atoms with van der Waals surface area (Å²) >= 11 is 3.46. The van der Waals surface area contributed by atoms with E-state index in [-0.39, 0.29) is 5.97 Å². The molecular weight excluding hydrogens is 338 g/mol. The van der Waals surface area contributed by atoms with Gasteiger partial charge in [-0.05, 0) is 42.8 Å². The SMILES string of the molecule is COc1cc2c(cc1OC)C(Br)(OC(=O)C(C)(C)C)C=N2. The molecule has 0 amide bonds. The lowest BCUT2D eigenvalue weighted by Crippen LogP contribution is -2.32. The molecule has 0 saturated carbocycles. The molecule has 0 aromatic heterocycles. The highest BCUT2D eigenvalue weighted by molar-refractivity contribution is 9.10. The molecule has 0 bridgehead atoms. The van der Waals surface area contributed by atoms with Gasteiger partial charge in [-0.2, -0.15) is 0 Å². The molecule has 21 heavy (non-hydrogen) atoms. The third-order valence-electron chi connectivity index (χ3n) is 3.09. The zero-order valence-electron chi connectivity index (χ0n) is 12.7. The first-order valence-electron chi connectivity index (χ1n) is 6.45. The van der Waals surface area contributed by atoms with E-state index >= 15 is 0 Å². The number of halogens is 1. The monoisotopic (exact) mass is 355 g/mol. The molecule has 6 heteroatoms. The van der Waals surface area contributed by atoms with Crippen LogP contribution < -0.4 is 9.47 Å². The normalized spacial score (nSPS) is 20.1. The number of hydrogen-bond acceptors (Lipinski definition) is 5. The lowest BCUT2D eigenvalue weighted by Gasteiger charge is -2.26. The van der Waals surface area contributed by atoms with Crippen LogP contribution in [0.5, 0.6) is 11.5 Å². The van der Waals surface area contributed by atoms with Crippen LogP contribution in [0.3, 0.4) is 0 Å². The Morgan fingerprint density at radius 1 is 1.19 bits per heavy atom. The van der Waals surface area contributed by atoms with Crippen LogP contribution in [0.2, 0.25) is 0 Å². The van der Waals surface area contributed by atoms with Crippen LogP contribution >= 0.6 is 15.9 Å². The number of methoxy groups -OCH3 is 2. The predicted octanol–water partition coefficient (Wildman–Crippen LogP) is 3.56. The van der Waals surface area contributed by atoms with Crippen LogP contribution in [0.1, 0.15) is 26.3 Å². The average molecular weight is 356 g/mol. The Bertz CT molecular complexity index is 606. The zero-order chi connectivity index (χ0) is 15.8. The van der Waals surface area contributed by atoms with E-state index in [1.54, 1.807) is 53.3 Å². The second kappa shape index (κ2) is 5.33. The number of benzene rings is 1. The van der Waals surface area contributed by atoms with Crippen molar-refractivity contribution < 1.29 is 19.0 Å². The van der Waals surface area contributed by atoms with E-state index < -0.39 is 9.93 Å². The molecule has 5 nitrogen and oxygen atoms in total. The maximum absolute atomic E-state index is 12.1. The summed E-state index contributed by atoms with van der Waals surface area (Å²) in [5, 5.41) is 0. The largest absolute Gasteiger partial charge is 0.493 e. The van der Waals surface area contributed by atoms with Crippen LogP contribution in [0.4, 0.5) is 5.69 Å². The van der Waals surface area contributed by atoms with E-state index in [1.807, 2.05) is 0 Å². The third-order valence-corrected chi connectivity index (χ3v) is 3.89. The molecule has 0 saturated heterocycles. The van der Waals surface area contributed by atoms with E-state index in [4.69, 9.17) is 14.2 Å². The maximum atomic E-state index is 12.1. The molecule has 1 aromatic carbocycles. The molecule has 0 N–H and O–H groups in total. The Morgan fingerprint density at radius 2 is 1.76 bits per heavy atom. The molecule has 1 aliphatic rings. The molecule has 1 atom stereocenters. The third kappa shape index (κ3) is 2.90. The molecule has 2 rings (SSSR count). The van der Waals surface area contributed by atoms with Gasteiger partial charge in [0, 0.05) is 11.6 Å². The number of nitrogens with zero attached hydrogens (tertiary/aromatic N) is 1. The predicted molar refractivity (Wildman–Crippen MR) is 83.9 cm³/mol. The highest BCUT2D eigenvalue weighted by Gasteiger charge is 2.41. The molecular formula is C15H18BrNO4. The van der Waals surface area contributed by atoms with Gasteiger partial charge in [-0.1, -0.05) is 0 Å². The van der Waals surface area contributed by atoms with Crippen molar-refractivity contribution in [3.8, 4) is 11.5 Å². The lowest BCUT2D eigenvalue weighted by molar-refractivity contribution is -0.157. The molecule has 0 radical (unpaired) electrons. The van der Waals surface area contributed by atoms with E-state index in [2.05, 4.69) is 20.9 Å². The van der Waals surface area contributed by atoms with Crippen molar-refractivity contribution in [2.45, 2.75) is 25.3 Å². The molecule has 0 fully saturated rings. The minimum absolute atomic E-state index is 0.326. The van der Waals surface area contributed by atoms with Gasteiger partial charge in [-0.25, -0.2) is 0 Å². The van der Waals surface area contributed by atoms with Crippen LogP contribution in [0.25, 0.3) is 0 Å².